The van der Waals surface area contributed by atoms with E-state index in [1.807, 2.05) is 56.2 Å². The van der Waals surface area contributed by atoms with Crippen LogP contribution in [0, 0.1) is 0 Å². The third kappa shape index (κ3) is 3.62. The summed E-state index contributed by atoms with van der Waals surface area (Å²) < 4.78 is 0. The van der Waals surface area contributed by atoms with Crippen molar-refractivity contribution in [2.45, 2.75) is 6.54 Å². The highest BCUT2D eigenvalue weighted by molar-refractivity contribution is 5.79. The van der Waals surface area contributed by atoms with Crippen molar-refractivity contribution in [2.24, 2.45) is 4.99 Å². The van der Waals surface area contributed by atoms with Crippen LogP contribution in [0.25, 0.3) is 0 Å². The highest BCUT2D eigenvalue weighted by Gasteiger charge is 2.02. The lowest BCUT2D eigenvalue weighted by atomic mass is 10.2. The normalized spacial score (nSPS) is 9.60. The first-order chi connectivity index (χ1) is 7.11. The highest BCUT2D eigenvalue weighted by Crippen LogP contribution is 2.01. The number of benzene rings is 1. The van der Waals surface area contributed by atoms with Gasteiger partial charge in [-0.2, -0.15) is 0 Å². The van der Waals surface area contributed by atoms with Gasteiger partial charge in [0.2, 0.25) is 0 Å². The van der Waals surface area contributed by atoms with Crippen molar-refractivity contribution in [1.82, 2.24) is 9.80 Å². The number of hydrogen-bond donors (Lipinski definition) is 0. The van der Waals surface area contributed by atoms with Gasteiger partial charge in [0.15, 0.2) is 5.96 Å². The van der Waals surface area contributed by atoms with Crippen molar-refractivity contribution in [2.75, 3.05) is 28.2 Å². The van der Waals surface area contributed by atoms with Gasteiger partial charge in [-0.3, -0.25) is 0 Å². The molecule has 1 aromatic rings. The molecular weight excluding hydrogens is 186 g/mol. The monoisotopic (exact) mass is 205 g/mol. The van der Waals surface area contributed by atoms with E-state index in [2.05, 4.69) is 17.1 Å². The summed E-state index contributed by atoms with van der Waals surface area (Å²) in [6, 6.07) is 10.3. The molecule has 0 N–H and O–H groups in total. The molecule has 0 fully saturated rings. The lowest BCUT2D eigenvalue weighted by molar-refractivity contribution is 0.479. The smallest absolute Gasteiger partial charge is 0.195 e. The Balaban J connectivity index is 2.70. The van der Waals surface area contributed by atoms with Crippen molar-refractivity contribution in [3.8, 4) is 0 Å². The van der Waals surface area contributed by atoms with Crippen LogP contribution in [0.2, 0.25) is 0 Å². The minimum absolute atomic E-state index is 0.729. The zero-order valence-corrected chi connectivity index (χ0v) is 9.94. The highest BCUT2D eigenvalue weighted by atomic mass is 15.3. The molecule has 0 aliphatic carbocycles. The van der Waals surface area contributed by atoms with E-state index in [0.717, 1.165) is 12.5 Å². The van der Waals surface area contributed by atoms with Gasteiger partial charge in [0.25, 0.3) is 0 Å². The Morgan fingerprint density at radius 2 is 1.53 bits per heavy atom. The molecular formula is C12H19N3. The predicted molar refractivity (Wildman–Crippen MR) is 65.0 cm³/mol. The topological polar surface area (TPSA) is 18.8 Å². The van der Waals surface area contributed by atoms with E-state index in [0.29, 0.717) is 0 Å². The average molecular weight is 205 g/mol. The summed E-state index contributed by atoms with van der Waals surface area (Å²) in [6.45, 7) is 0.729. The molecule has 0 radical (unpaired) electrons. The van der Waals surface area contributed by atoms with Crippen LogP contribution in [0.1, 0.15) is 5.56 Å². The summed E-state index contributed by atoms with van der Waals surface area (Å²) in [6.07, 6.45) is 0. The van der Waals surface area contributed by atoms with Gasteiger partial charge in [0.05, 0.1) is 6.54 Å². The maximum Gasteiger partial charge on any atom is 0.195 e. The summed E-state index contributed by atoms with van der Waals surface area (Å²) in [7, 11) is 8.02. The van der Waals surface area contributed by atoms with Gasteiger partial charge in [0.1, 0.15) is 0 Å². The average Bonchev–Trinajstić information content (AvgIpc) is 2.18. The van der Waals surface area contributed by atoms with Crippen molar-refractivity contribution in [3.05, 3.63) is 35.9 Å². The number of aliphatic imine (C=N–C) groups is 1. The van der Waals surface area contributed by atoms with Gasteiger partial charge in [0, 0.05) is 28.2 Å². The Morgan fingerprint density at radius 3 is 2.00 bits per heavy atom. The molecule has 0 aromatic heterocycles. The van der Waals surface area contributed by atoms with E-state index in [1.54, 1.807) is 0 Å². The first-order valence-electron chi connectivity index (χ1n) is 5.04. The van der Waals surface area contributed by atoms with Gasteiger partial charge in [-0.05, 0) is 5.56 Å². The van der Waals surface area contributed by atoms with Crippen LogP contribution < -0.4 is 0 Å². The fourth-order valence-electron chi connectivity index (χ4n) is 1.43. The minimum atomic E-state index is 0.729. The van der Waals surface area contributed by atoms with Crippen molar-refractivity contribution >= 4 is 5.96 Å². The van der Waals surface area contributed by atoms with E-state index < -0.39 is 0 Å². The molecule has 0 aliphatic rings. The molecule has 0 amide bonds. The maximum absolute atomic E-state index is 4.56. The lowest BCUT2D eigenvalue weighted by Gasteiger charge is -2.22. The molecule has 0 saturated heterocycles. The SMILES string of the molecule is CN(C)C(=NCc1ccccc1)N(C)C. The van der Waals surface area contributed by atoms with E-state index >= 15 is 0 Å². The molecule has 0 bridgehead atoms. The molecule has 15 heavy (non-hydrogen) atoms. The molecule has 0 atom stereocenters. The number of nitrogens with zero attached hydrogens (tertiary/aromatic N) is 3. The molecule has 1 rings (SSSR count). The zero-order chi connectivity index (χ0) is 11.3. The van der Waals surface area contributed by atoms with Crippen LogP contribution in [-0.2, 0) is 6.54 Å². The fourth-order valence-corrected chi connectivity index (χ4v) is 1.43. The number of hydrogen-bond acceptors (Lipinski definition) is 1. The second-order valence-corrected chi connectivity index (χ2v) is 3.89. The van der Waals surface area contributed by atoms with Crippen LogP contribution in [0.5, 0.6) is 0 Å². The van der Waals surface area contributed by atoms with Gasteiger partial charge in [-0.1, -0.05) is 30.3 Å². The second-order valence-electron chi connectivity index (χ2n) is 3.89. The molecule has 3 heteroatoms. The van der Waals surface area contributed by atoms with Crippen LogP contribution in [0.15, 0.2) is 35.3 Å². The van der Waals surface area contributed by atoms with Crippen molar-refractivity contribution < 1.29 is 0 Å². The van der Waals surface area contributed by atoms with Crippen LogP contribution in [0.3, 0.4) is 0 Å². The quantitative estimate of drug-likeness (QED) is 0.540. The second kappa shape index (κ2) is 5.39. The number of guanidine groups is 1. The summed E-state index contributed by atoms with van der Waals surface area (Å²) in [4.78, 5) is 8.60. The maximum atomic E-state index is 4.56. The zero-order valence-electron chi connectivity index (χ0n) is 9.94. The predicted octanol–water partition coefficient (Wildman–Crippen LogP) is 1.67. The molecule has 0 saturated carbocycles. The minimum Gasteiger partial charge on any atom is -0.349 e. The Kier molecular flexibility index (Phi) is 4.16. The Hall–Kier alpha value is -1.51. The van der Waals surface area contributed by atoms with Crippen molar-refractivity contribution in [1.29, 1.82) is 0 Å². The van der Waals surface area contributed by atoms with Gasteiger partial charge < -0.3 is 9.80 Å². The summed E-state index contributed by atoms with van der Waals surface area (Å²) in [5.41, 5.74) is 1.23. The number of rotatable bonds is 2. The molecule has 1 aromatic carbocycles. The Bertz CT molecular complexity index is 305. The van der Waals surface area contributed by atoms with E-state index in [1.165, 1.54) is 5.56 Å². The van der Waals surface area contributed by atoms with Gasteiger partial charge in [-0.15, -0.1) is 0 Å². The van der Waals surface area contributed by atoms with Crippen LogP contribution >= 0.6 is 0 Å². The first kappa shape index (κ1) is 11.6. The lowest BCUT2D eigenvalue weighted by Crippen LogP contribution is -2.35. The third-order valence-electron chi connectivity index (χ3n) is 2.05. The standard InChI is InChI=1S/C12H19N3/c1-14(2)12(15(3)4)13-10-11-8-6-5-7-9-11/h5-9H,10H2,1-4H3. The summed E-state index contributed by atoms with van der Waals surface area (Å²) in [5.74, 6) is 0.985. The molecule has 82 valence electrons. The third-order valence-corrected chi connectivity index (χ3v) is 2.05. The largest absolute Gasteiger partial charge is 0.349 e. The fraction of sp³-hybridized carbons (Fsp3) is 0.417. The summed E-state index contributed by atoms with van der Waals surface area (Å²) >= 11 is 0. The molecule has 0 heterocycles. The summed E-state index contributed by atoms with van der Waals surface area (Å²) in [5, 5.41) is 0. The van der Waals surface area contributed by atoms with Gasteiger partial charge in [-0.25, -0.2) is 4.99 Å². The molecule has 0 unspecified atom stereocenters. The van der Waals surface area contributed by atoms with E-state index in [-0.39, 0.29) is 0 Å². The van der Waals surface area contributed by atoms with Crippen molar-refractivity contribution in [3.63, 3.8) is 0 Å². The van der Waals surface area contributed by atoms with E-state index in [9.17, 15) is 0 Å². The molecule has 0 aliphatic heterocycles. The van der Waals surface area contributed by atoms with Crippen LogP contribution in [-0.4, -0.2) is 44.0 Å². The Labute approximate surface area is 92.0 Å². The molecule has 3 nitrogen and oxygen atoms in total. The molecule has 0 spiro atoms. The van der Waals surface area contributed by atoms with Crippen LogP contribution in [0.4, 0.5) is 0 Å². The van der Waals surface area contributed by atoms with Gasteiger partial charge >= 0.3 is 0 Å². The Morgan fingerprint density at radius 1 is 1.00 bits per heavy atom. The van der Waals surface area contributed by atoms with E-state index in [4.69, 9.17) is 0 Å². The first-order valence-corrected chi connectivity index (χ1v) is 5.04.